The molecule has 0 atom stereocenters. The zero-order chi connectivity index (χ0) is 21.5. The van der Waals surface area contributed by atoms with Gasteiger partial charge in [0, 0.05) is 52.6 Å². The highest BCUT2D eigenvalue weighted by Gasteiger charge is 2.24. The molecule has 2 nitrogen and oxygen atoms in total. The van der Waals surface area contributed by atoms with Crippen molar-refractivity contribution in [3.63, 3.8) is 0 Å². The van der Waals surface area contributed by atoms with Crippen molar-refractivity contribution in [3.8, 4) is 5.82 Å². The van der Waals surface area contributed by atoms with Crippen LogP contribution in [0.1, 0.15) is 0 Å². The summed E-state index contributed by atoms with van der Waals surface area (Å²) in [7, 11) is 0. The normalized spacial score (nSPS) is 12.2. The smallest absolute Gasteiger partial charge is 0.137 e. The Morgan fingerprint density at radius 2 is 1.15 bits per heavy atom. The predicted octanol–water partition coefficient (Wildman–Crippen LogP) is 8.91. The Balaban J connectivity index is 1.80. The van der Waals surface area contributed by atoms with E-state index >= 15 is 0 Å². The fraction of sp³-hybridized carbons (Fsp3) is 0. The van der Waals surface area contributed by atoms with Gasteiger partial charge in [-0.25, -0.2) is 4.98 Å². The molecule has 0 N–H and O–H groups in total. The van der Waals surface area contributed by atoms with Crippen LogP contribution in [-0.2, 0) is 0 Å². The number of fused-ring (bicyclic) bond motifs is 12. The van der Waals surface area contributed by atoms with Crippen LogP contribution in [0.25, 0.3) is 68.0 Å². The first kappa shape index (κ1) is 17.8. The molecule has 0 aliphatic carbocycles. The number of pyridine rings is 1. The monoisotopic (exact) mass is 456 g/mol. The van der Waals surface area contributed by atoms with Crippen molar-refractivity contribution in [1.29, 1.82) is 0 Å². The van der Waals surface area contributed by atoms with Crippen LogP contribution in [0.4, 0.5) is 0 Å². The van der Waals surface area contributed by atoms with Crippen LogP contribution in [0, 0.1) is 0 Å². The molecule has 0 fully saturated rings. The van der Waals surface area contributed by atoms with Gasteiger partial charge in [-0.15, -0.1) is 22.7 Å². The molecule has 0 aliphatic rings. The number of hydrogen-bond donors (Lipinski definition) is 0. The zero-order valence-corrected chi connectivity index (χ0v) is 19.1. The highest BCUT2D eigenvalue weighted by Crippen LogP contribution is 2.51. The lowest BCUT2D eigenvalue weighted by atomic mass is 10.0. The van der Waals surface area contributed by atoms with Gasteiger partial charge >= 0.3 is 0 Å². The Morgan fingerprint density at radius 1 is 0.545 bits per heavy atom. The van der Waals surface area contributed by atoms with Crippen LogP contribution in [0.5, 0.6) is 0 Å². The van der Waals surface area contributed by atoms with E-state index in [0.717, 1.165) is 5.82 Å². The molecule has 4 heterocycles. The van der Waals surface area contributed by atoms with Gasteiger partial charge in [0.25, 0.3) is 0 Å². The third kappa shape index (κ3) is 2.24. The summed E-state index contributed by atoms with van der Waals surface area (Å²) < 4.78 is 7.74. The fourth-order valence-corrected chi connectivity index (χ4v) is 7.86. The topological polar surface area (TPSA) is 17.8 Å². The van der Waals surface area contributed by atoms with Crippen molar-refractivity contribution < 1.29 is 0 Å². The zero-order valence-electron chi connectivity index (χ0n) is 17.4. The van der Waals surface area contributed by atoms with Crippen LogP contribution in [0.2, 0.25) is 0 Å². The summed E-state index contributed by atoms with van der Waals surface area (Å²) in [6, 6.07) is 32.6. The molecule has 0 aliphatic heterocycles. The second-order valence-electron chi connectivity index (χ2n) is 8.37. The molecule has 0 radical (unpaired) electrons. The summed E-state index contributed by atoms with van der Waals surface area (Å²) in [5.74, 6) is 0.961. The van der Waals surface area contributed by atoms with E-state index in [9.17, 15) is 0 Å². The third-order valence-electron chi connectivity index (χ3n) is 6.64. The van der Waals surface area contributed by atoms with Gasteiger partial charge in [-0.1, -0.05) is 60.7 Å². The predicted molar refractivity (Wildman–Crippen MR) is 144 cm³/mol. The molecule has 4 heteroatoms. The molecule has 8 aromatic rings. The Labute approximate surface area is 196 Å². The Hall–Kier alpha value is -3.73. The summed E-state index contributed by atoms with van der Waals surface area (Å²) in [6.07, 6.45) is 1.88. The van der Waals surface area contributed by atoms with Gasteiger partial charge in [0.15, 0.2) is 0 Å². The van der Waals surface area contributed by atoms with E-state index in [-0.39, 0.29) is 0 Å². The Kier molecular flexibility index (Phi) is 3.45. The van der Waals surface area contributed by atoms with E-state index in [0.29, 0.717) is 0 Å². The fourth-order valence-electron chi connectivity index (χ4n) is 5.34. The van der Waals surface area contributed by atoms with Gasteiger partial charge in [-0.2, -0.15) is 0 Å². The minimum absolute atomic E-state index is 0.961. The van der Waals surface area contributed by atoms with Crippen molar-refractivity contribution >= 4 is 84.8 Å². The second-order valence-corrected chi connectivity index (χ2v) is 10.5. The number of para-hydroxylation sites is 1. The molecule has 0 bridgehead atoms. The summed E-state index contributed by atoms with van der Waals surface area (Å²) in [5, 5.41) is 8.07. The first-order valence-electron chi connectivity index (χ1n) is 11.0. The molecule has 154 valence electrons. The van der Waals surface area contributed by atoms with Gasteiger partial charge in [-0.05, 0) is 30.3 Å². The minimum atomic E-state index is 0.961. The van der Waals surface area contributed by atoms with E-state index in [2.05, 4.69) is 89.5 Å². The van der Waals surface area contributed by atoms with E-state index in [4.69, 9.17) is 4.98 Å². The highest BCUT2D eigenvalue weighted by atomic mass is 32.1. The molecular weight excluding hydrogens is 440 g/mol. The second kappa shape index (κ2) is 6.41. The molecule has 0 spiro atoms. The SMILES string of the molecule is c1ccc(-n2c3ccccc3c3c4sc5ccccc5c4c4c5ccccc5sc4c32)nc1. The number of benzene rings is 4. The number of rotatable bonds is 1. The van der Waals surface area contributed by atoms with Crippen molar-refractivity contribution in [2.75, 3.05) is 0 Å². The van der Waals surface area contributed by atoms with Crippen LogP contribution in [-0.4, -0.2) is 9.55 Å². The maximum atomic E-state index is 4.78. The average Bonchev–Trinajstić information content (AvgIpc) is 3.53. The van der Waals surface area contributed by atoms with Crippen molar-refractivity contribution in [1.82, 2.24) is 9.55 Å². The molecular formula is C29H16N2S2. The van der Waals surface area contributed by atoms with Crippen molar-refractivity contribution in [3.05, 3.63) is 97.2 Å². The van der Waals surface area contributed by atoms with Gasteiger partial charge in [0.2, 0.25) is 0 Å². The lowest BCUT2D eigenvalue weighted by Gasteiger charge is -2.08. The highest BCUT2D eigenvalue weighted by molar-refractivity contribution is 7.29. The van der Waals surface area contributed by atoms with Gasteiger partial charge in [0.1, 0.15) is 5.82 Å². The lowest BCUT2D eigenvalue weighted by molar-refractivity contribution is 1.08. The van der Waals surface area contributed by atoms with Crippen molar-refractivity contribution in [2.45, 2.75) is 0 Å². The first-order chi connectivity index (χ1) is 16.4. The van der Waals surface area contributed by atoms with Crippen LogP contribution >= 0.6 is 22.7 Å². The third-order valence-corrected chi connectivity index (χ3v) is 9.00. The number of aromatic nitrogens is 2. The first-order valence-corrected chi connectivity index (χ1v) is 12.6. The van der Waals surface area contributed by atoms with E-state index in [1.807, 2.05) is 34.9 Å². The van der Waals surface area contributed by atoms with Crippen molar-refractivity contribution in [2.24, 2.45) is 0 Å². The minimum Gasteiger partial charge on any atom is -0.292 e. The lowest BCUT2D eigenvalue weighted by Crippen LogP contribution is -1.96. The molecule has 0 saturated heterocycles. The molecule has 4 aromatic heterocycles. The summed E-state index contributed by atoms with van der Waals surface area (Å²) in [4.78, 5) is 4.78. The molecule has 0 saturated carbocycles. The van der Waals surface area contributed by atoms with Crippen LogP contribution < -0.4 is 0 Å². The van der Waals surface area contributed by atoms with E-state index < -0.39 is 0 Å². The number of hydrogen-bond acceptors (Lipinski definition) is 3. The maximum Gasteiger partial charge on any atom is 0.137 e. The van der Waals surface area contributed by atoms with Crippen LogP contribution in [0.15, 0.2) is 97.2 Å². The van der Waals surface area contributed by atoms with E-state index in [1.54, 1.807) is 0 Å². The molecule has 4 aromatic carbocycles. The Morgan fingerprint density at radius 3 is 1.88 bits per heavy atom. The molecule has 0 unspecified atom stereocenters. The molecule has 8 rings (SSSR count). The summed E-state index contributed by atoms with van der Waals surface area (Å²) in [5.41, 5.74) is 2.47. The van der Waals surface area contributed by atoms with Gasteiger partial charge in [-0.3, -0.25) is 4.57 Å². The standard InChI is InChI=1S/C29H16N2S2/c1-4-12-20-17(9-1)26-27(31(20)23-15-7-8-16-30-23)29-25(19-11-3-6-14-22(19)33-29)24-18-10-2-5-13-21(18)32-28(24)26/h1-16H. The maximum absolute atomic E-state index is 4.78. The summed E-state index contributed by atoms with van der Waals surface area (Å²) >= 11 is 3.81. The quantitative estimate of drug-likeness (QED) is 0.241. The number of nitrogens with zero attached hydrogens (tertiary/aromatic N) is 2. The van der Waals surface area contributed by atoms with Gasteiger partial charge < -0.3 is 0 Å². The molecule has 0 amide bonds. The summed E-state index contributed by atoms with van der Waals surface area (Å²) in [6.45, 7) is 0. The molecule has 33 heavy (non-hydrogen) atoms. The largest absolute Gasteiger partial charge is 0.292 e. The average molecular weight is 457 g/mol. The Bertz CT molecular complexity index is 2020. The number of thiophene rings is 2. The van der Waals surface area contributed by atoms with Crippen LogP contribution in [0.3, 0.4) is 0 Å². The van der Waals surface area contributed by atoms with Gasteiger partial charge in [0.05, 0.1) is 15.7 Å². The van der Waals surface area contributed by atoms with E-state index in [1.165, 1.54) is 62.2 Å².